The second-order valence-electron chi connectivity index (χ2n) is 4.77. The number of benzene rings is 1. The van der Waals surface area contributed by atoms with Gasteiger partial charge in [-0.25, -0.2) is 8.78 Å². The molecular formula is C17H7F2N3OS2. The molecule has 122 valence electrons. The number of halogens is 2. The summed E-state index contributed by atoms with van der Waals surface area (Å²) in [4.78, 5) is 13.5. The lowest BCUT2D eigenvalue weighted by Crippen LogP contribution is -2.31. The van der Waals surface area contributed by atoms with Crippen molar-refractivity contribution in [2.45, 2.75) is 0 Å². The van der Waals surface area contributed by atoms with E-state index in [4.69, 9.17) is 10.5 Å². The Labute approximate surface area is 148 Å². The van der Waals surface area contributed by atoms with Crippen LogP contribution in [0.1, 0.15) is 4.88 Å². The van der Waals surface area contributed by atoms with Gasteiger partial charge in [0.05, 0.1) is 10.2 Å². The van der Waals surface area contributed by atoms with E-state index in [0.29, 0.717) is 6.07 Å². The Morgan fingerprint density at radius 3 is 2.56 bits per heavy atom. The minimum Gasteiger partial charge on any atom is -0.267 e. The van der Waals surface area contributed by atoms with E-state index < -0.39 is 17.2 Å². The molecule has 0 bridgehead atoms. The Morgan fingerprint density at radius 2 is 1.96 bits per heavy atom. The molecule has 0 saturated heterocycles. The molecule has 8 heteroatoms. The maximum absolute atomic E-state index is 14.2. The molecule has 0 fully saturated rings. The molecule has 0 atom stereocenters. The van der Waals surface area contributed by atoms with Gasteiger partial charge in [0, 0.05) is 10.9 Å². The lowest BCUT2D eigenvalue weighted by Gasteiger charge is -2.03. The number of thiophene rings is 1. The fraction of sp³-hybridized carbons (Fsp3) is 0. The Balaban J connectivity index is 2.45. The average molecular weight is 371 g/mol. The maximum atomic E-state index is 14.2. The summed E-state index contributed by atoms with van der Waals surface area (Å²) in [5.74, 6) is -1.75. The fourth-order valence-corrected chi connectivity index (χ4v) is 3.93. The standard InChI is InChI=1S/C17H7F2N3OS2/c18-11-3-4-14(13(19)6-11)22-16(23)15(7-12-2-1-5-24-12)25-17(22)10(8-20)9-21/h1-7H/b15-7-. The molecule has 2 aromatic heterocycles. The molecule has 0 aliphatic heterocycles. The third-order valence-corrected chi connectivity index (χ3v) is 5.14. The third-order valence-electron chi connectivity index (χ3n) is 3.23. The summed E-state index contributed by atoms with van der Waals surface area (Å²) in [6.07, 6.45) is 1.60. The monoisotopic (exact) mass is 371 g/mol. The van der Waals surface area contributed by atoms with E-state index in [1.165, 1.54) is 11.3 Å². The molecule has 0 aliphatic rings. The molecule has 0 spiro atoms. The van der Waals surface area contributed by atoms with Crippen molar-refractivity contribution in [2.75, 3.05) is 0 Å². The predicted molar refractivity (Wildman–Crippen MR) is 91.6 cm³/mol. The van der Waals surface area contributed by atoms with Gasteiger partial charge in [0.15, 0.2) is 5.57 Å². The summed E-state index contributed by atoms with van der Waals surface area (Å²) in [5, 5.41) is 20.1. The highest BCUT2D eigenvalue weighted by Crippen LogP contribution is 2.12. The highest BCUT2D eigenvalue weighted by atomic mass is 32.1. The van der Waals surface area contributed by atoms with Gasteiger partial charge in [-0.3, -0.25) is 9.36 Å². The summed E-state index contributed by atoms with van der Waals surface area (Å²) in [6, 6.07) is 9.77. The van der Waals surface area contributed by atoms with E-state index in [-0.39, 0.29) is 20.5 Å². The Hall–Kier alpha value is -3.07. The Morgan fingerprint density at radius 1 is 1.20 bits per heavy atom. The predicted octanol–water partition coefficient (Wildman–Crippen LogP) is 2.27. The van der Waals surface area contributed by atoms with Gasteiger partial charge in [-0.2, -0.15) is 10.5 Å². The van der Waals surface area contributed by atoms with Crippen LogP contribution >= 0.6 is 22.7 Å². The zero-order valence-electron chi connectivity index (χ0n) is 12.4. The highest BCUT2D eigenvalue weighted by Gasteiger charge is 2.15. The largest absolute Gasteiger partial charge is 0.273 e. The molecule has 3 rings (SSSR count). The zero-order valence-corrected chi connectivity index (χ0v) is 14.0. The smallest absolute Gasteiger partial charge is 0.267 e. The van der Waals surface area contributed by atoms with E-state index in [1.54, 1.807) is 24.3 Å². The van der Waals surface area contributed by atoms with Gasteiger partial charge in [-0.1, -0.05) is 6.07 Å². The number of hydrogen-bond donors (Lipinski definition) is 0. The molecular weight excluding hydrogens is 364 g/mol. The van der Waals surface area contributed by atoms with E-state index in [0.717, 1.165) is 32.9 Å². The average Bonchev–Trinajstić information content (AvgIpc) is 3.19. The van der Waals surface area contributed by atoms with Crippen molar-refractivity contribution < 1.29 is 8.78 Å². The summed E-state index contributed by atoms with van der Waals surface area (Å²) < 4.78 is 28.5. The minimum atomic E-state index is -0.959. The third kappa shape index (κ3) is 3.13. The van der Waals surface area contributed by atoms with Gasteiger partial charge in [0.2, 0.25) is 0 Å². The summed E-state index contributed by atoms with van der Waals surface area (Å²) in [7, 11) is 0. The fourth-order valence-electron chi connectivity index (χ4n) is 2.15. The quantitative estimate of drug-likeness (QED) is 0.694. The first-order valence-electron chi connectivity index (χ1n) is 6.82. The molecule has 1 aromatic carbocycles. The van der Waals surface area contributed by atoms with E-state index in [2.05, 4.69) is 0 Å². The maximum Gasteiger partial charge on any atom is 0.273 e. The first kappa shape index (κ1) is 16.8. The van der Waals surface area contributed by atoms with Gasteiger partial charge in [0.1, 0.15) is 28.4 Å². The summed E-state index contributed by atoms with van der Waals surface area (Å²) in [6.45, 7) is 0. The number of nitrogens with zero attached hydrogens (tertiary/aromatic N) is 3. The van der Waals surface area contributed by atoms with Crippen molar-refractivity contribution in [3.05, 3.63) is 71.8 Å². The van der Waals surface area contributed by atoms with Gasteiger partial charge < -0.3 is 0 Å². The Bertz CT molecular complexity index is 1190. The number of aromatic nitrogens is 1. The summed E-state index contributed by atoms with van der Waals surface area (Å²) in [5.41, 5.74) is -1.12. The highest BCUT2D eigenvalue weighted by molar-refractivity contribution is 7.11. The molecule has 4 nitrogen and oxygen atoms in total. The SMILES string of the molecule is N#CC(C#N)=c1s/c(=C\c2cccs2)c(=O)n1-c1ccc(F)cc1F. The lowest BCUT2D eigenvalue weighted by molar-refractivity contribution is 0.576. The van der Waals surface area contributed by atoms with Crippen molar-refractivity contribution in [2.24, 2.45) is 0 Å². The topological polar surface area (TPSA) is 69.6 Å². The summed E-state index contributed by atoms with van der Waals surface area (Å²) >= 11 is 2.31. The molecule has 0 radical (unpaired) electrons. The van der Waals surface area contributed by atoms with Crippen LogP contribution < -0.4 is 14.8 Å². The molecule has 0 N–H and O–H groups in total. The van der Waals surface area contributed by atoms with Crippen LogP contribution in [0, 0.1) is 34.3 Å². The van der Waals surface area contributed by atoms with E-state index in [9.17, 15) is 13.6 Å². The van der Waals surface area contributed by atoms with Crippen LogP contribution in [0.15, 0.2) is 40.5 Å². The van der Waals surface area contributed by atoms with E-state index in [1.807, 2.05) is 11.4 Å². The van der Waals surface area contributed by atoms with Crippen LogP contribution in [0.25, 0.3) is 17.3 Å². The van der Waals surface area contributed by atoms with Crippen LogP contribution in [-0.4, -0.2) is 4.57 Å². The normalized spacial score (nSPS) is 11.1. The van der Waals surface area contributed by atoms with Crippen LogP contribution in [0.3, 0.4) is 0 Å². The number of thiazole rings is 1. The minimum absolute atomic E-state index is 0.00307. The van der Waals surface area contributed by atoms with Crippen molar-refractivity contribution in [3.8, 4) is 17.8 Å². The van der Waals surface area contributed by atoms with Crippen molar-refractivity contribution in [3.63, 3.8) is 0 Å². The van der Waals surface area contributed by atoms with Crippen molar-refractivity contribution in [1.29, 1.82) is 10.5 Å². The van der Waals surface area contributed by atoms with E-state index >= 15 is 0 Å². The first-order valence-corrected chi connectivity index (χ1v) is 8.52. The molecule has 3 aromatic rings. The number of hydrogen-bond acceptors (Lipinski definition) is 5. The first-order chi connectivity index (χ1) is 12.0. The second-order valence-corrected chi connectivity index (χ2v) is 6.78. The van der Waals surface area contributed by atoms with Gasteiger partial charge in [-0.15, -0.1) is 22.7 Å². The van der Waals surface area contributed by atoms with Gasteiger partial charge in [-0.05, 0) is 29.7 Å². The van der Waals surface area contributed by atoms with Crippen LogP contribution in [0.4, 0.5) is 8.78 Å². The molecule has 2 heterocycles. The molecule has 0 amide bonds. The molecule has 25 heavy (non-hydrogen) atoms. The van der Waals surface area contributed by atoms with Gasteiger partial charge in [0.25, 0.3) is 5.56 Å². The lowest BCUT2D eigenvalue weighted by atomic mass is 10.3. The molecule has 0 aliphatic carbocycles. The molecule has 0 saturated carbocycles. The molecule has 0 unspecified atom stereocenters. The number of nitriles is 2. The second kappa shape index (κ2) is 6.81. The zero-order chi connectivity index (χ0) is 18.0. The Kier molecular flexibility index (Phi) is 4.57. The van der Waals surface area contributed by atoms with Crippen molar-refractivity contribution >= 4 is 34.3 Å². The van der Waals surface area contributed by atoms with Crippen LogP contribution in [0.2, 0.25) is 0 Å². The van der Waals surface area contributed by atoms with Crippen LogP contribution in [0.5, 0.6) is 0 Å². The van der Waals surface area contributed by atoms with Crippen molar-refractivity contribution in [1.82, 2.24) is 4.57 Å². The van der Waals surface area contributed by atoms with Gasteiger partial charge >= 0.3 is 0 Å². The number of rotatable bonds is 2. The van der Waals surface area contributed by atoms with Crippen LogP contribution in [-0.2, 0) is 0 Å².